The third-order valence-electron chi connectivity index (χ3n) is 10.6. The van der Waals surface area contributed by atoms with Crippen LogP contribution in [0.5, 0.6) is 11.5 Å². The minimum atomic E-state index is -4.93. The van der Waals surface area contributed by atoms with E-state index in [2.05, 4.69) is 49.9 Å². The van der Waals surface area contributed by atoms with Gasteiger partial charge in [0, 0.05) is 46.0 Å². The molecular formula is C50H35F11N12O5. The van der Waals surface area contributed by atoms with Crippen molar-refractivity contribution in [3.8, 4) is 79.0 Å². The molecule has 17 nitrogen and oxygen atoms in total. The van der Waals surface area contributed by atoms with Crippen LogP contribution in [0.4, 0.5) is 48.3 Å². The monoisotopic (exact) mass is 1090 g/mol. The number of halogens is 11. The molecule has 6 aromatic carbocycles. The van der Waals surface area contributed by atoms with Crippen molar-refractivity contribution in [3.05, 3.63) is 168 Å². The summed E-state index contributed by atoms with van der Waals surface area (Å²) in [6, 6.07) is 28.2. The van der Waals surface area contributed by atoms with Crippen molar-refractivity contribution < 1.29 is 72.2 Å². The second-order valence-electron chi connectivity index (χ2n) is 16.1. The molecule has 3 heterocycles. The minimum absolute atomic E-state index is 0.0364. The summed E-state index contributed by atoms with van der Waals surface area (Å²) in [6.07, 6.45) is -14.3. The lowest BCUT2D eigenvalue weighted by Crippen LogP contribution is -2.17. The summed E-state index contributed by atoms with van der Waals surface area (Å²) >= 11 is 0. The van der Waals surface area contributed by atoms with E-state index in [-0.39, 0.29) is 68.3 Å². The number of nitrogens with zero attached hydrogens (tertiary/aromatic N) is 7. The van der Waals surface area contributed by atoms with E-state index in [0.29, 0.717) is 22.3 Å². The maximum absolute atomic E-state index is 14.4. The smallest absolute Gasteiger partial charge is 0.405 e. The molecule has 402 valence electrons. The number of benzene rings is 6. The highest BCUT2D eigenvalue weighted by molar-refractivity contribution is 5.90. The first-order valence-electron chi connectivity index (χ1n) is 21.9. The number of ether oxygens (including phenoxy) is 2. The topological polar surface area (TPSA) is 262 Å². The fourth-order valence-corrected chi connectivity index (χ4v) is 7.26. The lowest BCUT2D eigenvalue weighted by atomic mass is 9.96. The lowest BCUT2D eigenvalue weighted by Gasteiger charge is -2.14. The van der Waals surface area contributed by atoms with E-state index < -0.39 is 65.3 Å². The molecule has 78 heavy (non-hydrogen) atoms. The maximum atomic E-state index is 14.4. The zero-order chi connectivity index (χ0) is 56.9. The lowest BCUT2D eigenvalue weighted by molar-refractivity contribution is -0.275. The van der Waals surface area contributed by atoms with Crippen molar-refractivity contribution in [2.24, 2.45) is 24.2 Å². The number of aromatic amines is 2. The summed E-state index contributed by atoms with van der Waals surface area (Å²) in [6.45, 7) is 1.61. The Bertz CT molecular complexity index is 3680. The van der Waals surface area contributed by atoms with E-state index in [4.69, 9.17) is 17.2 Å². The van der Waals surface area contributed by atoms with Crippen molar-refractivity contribution in [2.75, 3.05) is 0 Å². The standard InChI is InChI=1S/C17H12F4N4O2.C17H13F3N4O.C16H10F4N4O2/c1-25-16(23-15(24-25)14(22)26)9-6-7-12(18)11(8-9)10-4-2-3-5-13(10)27-17(19,20)21;1-9-5-6-12(13(7-9)17(18,19)20)10-3-2-4-11(8-10)15-22-16(14(21)25)24-23-15;17-11-6-5-8(14-22-15(13(21)25)24-23-14)7-10(11)9-3-1-2-4-12(9)26-16(18,19)20/h2-8H,1H3,(H2,22,26);2-8H,1H3,(H2,21,25)(H,22,23,24);1-7H,(H2,21,25)(H,22,23,24). The van der Waals surface area contributed by atoms with E-state index in [9.17, 15) is 62.7 Å². The molecule has 0 aliphatic carbocycles. The predicted molar refractivity (Wildman–Crippen MR) is 255 cm³/mol. The van der Waals surface area contributed by atoms with Gasteiger partial charge in [-0.25, -0.2) is 28.4 Å². The number of rotatable bonds is 11. The average molecular weight is 1090 g/mol. The van der Waals surface area contributed by atoms with Crippen LogP contribution in [0.2, 0.25) is 0 Å². The van der Waals surface area contributed by atoms with E-state index in [1.807, 2.05) is 0 Å². The molecule has 9 rings (SSSR count). The highest BCUT2D eigenvalue weighted by Crippen LogP contribution is 2.40. The second kappa shape index (κ2) is 22.4. The third kappa shape index (κ3) is 13.6. The third-order valence-corrected chi connectivity index (χ3v) is 10.6. The first kappa shape index (κ1) is 55.7. The van der Waals surface area contributed by atoms with Gasteiger partial charge in [0.2, 0.25) is 17.5 Å². The van der Waals surface area contributed by atoms with Gasteiger partial charge in [-0.1, -0.05) is 72.3 Å². The van der Waals surface area contributed by atoms with Crippen molar-refractivity contribution in [1.82, 2.24) is 45.1 Å². The summed E-state index contributed by atoms with van der Waals surface area (Å²) in [5.74, 6) is -5.22. The zero-order valence-electron chi connectivity index (χ0n) is 39.7. The number of nitrogens with one attached hydrogen (secondary N) is 2. The fourth-order valence-electron chi connectivity index (χ4n) is 7.26. The quantitative estimate of drug-likeness (QED) is 0.0761. The van der Waals surface area contributed by atoms with Crippen LogP contribution in [0.25, 0.3) is 67.5 Å². The molecule has 28 heteroatoms. The number of nitrogens with two attached hydrogens (primary N) is 3. The molecule has 0 spiro atoms. The summed E-state index contributed by atoms with van der Waals surface area (Å²) in [4.78, 5) is 45.1. The second-order valence-corrected chi connectivity index (χ2v) is 16.1. The Hall–Kier alpha value is -10.0. The van der Waals surface area contributed by atoms with Crippen LogP contribution >= 0.6 is 0 Å². The Morgan fingerprint density at radius 2 is 0.987 bits per heavy atom. The largest absolute Gasteiger partial charge is 0.573 e. The number of hydrogen-bond acceptors (Lipinski definition) is 11. The van der Waals surface area contributed by atoms with Gasteiger partial charge in [0.15, 0.2) is 17.5 Å². The van der Waals surface area contributed by atoms with Gasteiger partial charge < -0.3 is 26.7 Å². The van der Waals surface area contributed by atoms with E-state index in [0.717, 1.165) is 30.3 Å². The zero-order valence-corrected chi connectivity index (χ0v) is 39.7. The Balaban J connectivity index is 0.000000170. The number of para-hydroxylation sites is 2. The summed E-state index contributed by atoms with van der Waals surface area (Å²) < 4.78 is 153. The van der Waals surface area contributed by atoms with Crippen molar-refractivity contribution in [3.63, 3.8) is 0 Å². The Labute approximate surface area is 430 Å². The van der Waals surface area contributed by atoms with Crippen LogP contribution in [0.1, 0.15) is 43.0 Å². The van der Waals surface area contributed by atoms with Crippen LogP contribution in [-0.2, 0) is 13.2 Å². The van der Waals surface area contributed by atoms with Gasteiger partial charge in [-0.15, -0.1) is 31.4 Å². The summed E-state index contributed by atoms with van der Waals surface area (Å²) in [5.41, 5.74) is 16.2. The molecule has 0 unspecified atom stereocenters. The van der Waals surface area contributed by atoms with Crippen LogP contribution in [0.3, 0.4) is 0 Å². The first-order chi connectivity index (χ1) is 36.6. The van der Waals surface area contributed by atoms with Gasteiger partial charge in [0.05, 0.1) is 5.56 Å². The molecule has 0 saturated carbocycles. The minimum Gasteiger partial charge on any atom is -0.405 e. The first-order valence-corrected chi connectivity index (χ1v) is 21.9. The van der Waals surface area contributed by atoms with Crippen LogP contribution < -0.4 is 26.7 Å². The number of carbonyl (C=O) groups excluding carboxylic acids is 3. The van der Waals surface area contributed by atoms with E-state index >= 15 is 0 Å². The van der Waals surface area contributed by atoms with E-state index in [1.54, 1.807) is 31.2 Å². The molecule has 9 aromatic rings. The van der Waals surface area contributed by atoms with Crippen LogP contribution in [-0.4, -0.2) is 75.6 Å². The van der Waals surface area contributed by atoms with Gasteiger partial charge in [-0.05, 0) is 78.7 Å². The SMILES string of the molecule is Cc1ccc(-c2cccc(-c3n[nH]c(C(N)=O)n3)c2)c(C(F)(F)F)c1.Cn1nc(C(N)=O)nc1-c1ccc(F)c(-c2ccccc2OC(F)(F)F)c1.NC(=O)c1nc(-c2ccc(F)c(-c3ccccc3OC(F)(F)F)c2)n[nH]1. The van der Waals surface area contributed by atoms with Crippen molar-refractivity contribution in [1.29, 1.82) is 0 Å². The van der Waals surface area contributed by atoms with Gasteiger partial charge in [0.25, 0.3) is 17.7 Å². The molecule has 0 radical (unpaired) electrons. The predicted octanol–water partition coefficient (Wildman–Crippen LogP) is 10.1. The van der Waals surface area contributed by atoms with Crippen molar-refractivity contribution >= 4 is 17.7 Å². The van der Waals surface area contributed by atoms with Gasteiger partial charge >= 0.3 is 18.9 Å². The number of primary amides is 3. The number of H-pyrrole nitrogens is 2. The summed E-state index contributed by atoms with van der Waals surface area (Å²) in [7, 11) is 1.50. The number of amides is 3. The van der Waals surface area contributed by atoms with E-state index in [1.165, 1.54) is 84.5 Å². The highest BCUT2D eigenvalue weighted by atomic mass is 19.4. The molecule has 3 amide bonds. The molecule has 0 saturated heterocycles. The fraction of sp³-hybridized carbons (Fsp3) is 0.100. The number of alkyl halides is 9. The number of aromatic nitrogens is 9. The highest BCUT2D eigenvalue weighted by Gasteiger charge is 2.35. The average Bonchev–Trinajstić information content (AvgIpc) is 4.26. The summed E-state index contributed by atoms with van der Waals surface area (Å²) in [5, 5.41) is 16.2. The molecule has 0 aliphatic heterocycles. The van der Waals surface area contributed by atoms with Crippen LogP contribution in [0.15, 0.2) is 127 Å². The molecule has 0 fully saturated rings. The van der Waals surface area contributed by atoms with Gasteiger partial charge in [0.1, 0.15) is 23.1 Å². The Kier molecular flexibility index (Phi) is 16.0. The normalized spacial score (nSPS) is 11.4. The Morgan fingerprint density at radius 1 is 0.513 bits per heavy atom. The molecule has 8 N–H and O–H groups in total. The Morgan fingerprint density at radius 3 is 1.45 bits per heavy atom. The van der Waals surface area contributed by atoms with Crippen LogP contribution in [0, 0.1) is 18.6 Å². The van der Waals surface area contributed by atoms with Gasteiger partial charge in [-0.2, -0.15) is 23.4 Å². The molecule has 3 aromatic heterocycles. The number of hydrogen-bond donors (Lipinski definition) is 5. The molecule has 0 bridgehead atoms. The molecule has 0 atom stereocenters. The number of aryl methyl sites for hydroxylation is 2. The number of carbonyl (C=O) groups is 3. The maximum Gasteiger partial charge on any atom is 0.573 e. The molecular weight excluding hydrogens is 1060 g/mol. The molecule has 0 aliphatic rings. The van der Waals surface area contributed by atoms with Gasteiger partial charge in [-0.3, -0.25) is 24.6 Å². The van der Waals surface area contributed by atoms with Crippen molar-refractivity contribution in [2.45, 2.75) is 25.8 Å².